The molecule has 2 heterocycles. The minimum atomic E-state index is -0.391. The van der Waals surface area contributed by atoms with Gasteiger partial charge in [0, 0.05) is 17.4 Å². The molecule has 6 nitrogen and oxygen atoms in total. The number of fused-ring (bicyclic) bond motifs is 2. The monoisotopic (exact) mass is 381 g/mol. The molecule has 1 aliphatic carbocycles. The average Bonchev–Trinajstić information content (AvgIpc) is 3.14. The number of rotatable bonds is 4. The van der Waals surface area contributed by atoms with Gasteiger partial charge >= 0.3 is 0 Å². The van der Waals surface area contributed by atoms with Gasteiger partial charge in [-0.05, 0) is 49.9 Å². The molecular weight excluding hydrogens is 362 g/mol. The van der Waals surface area contributed by atoms with Gasteiger partial charge in [-0.25, -0.2) is 4.98 Å². The van der Waals surface area contributed by atoms with E-state index in [-0.39, 0.29) is 5.91 Å². The van der Waals surface area contributed by atoms with Crippen LogP contribution in [-0.2, 0) is 17.6 Å². The average molecular weight is 381 g/mol. The number of hydrogen-bond donors (Lipinski definition) is 1. The summed E-state index contributed by atoms with van der Waals surface area (Å²) in [5.74, 6) is 1.16. The lowest BCUT2D eigenvalue weighted by molar-refractivity contribution is -0.115. The Bertz CT molecular complexity index is 939. The molecular formula is C20H19N3O3S. The van der Waals surface area contributed by atoms with E-state index < -0.39 is 5.25 Å². The summed E-state index contributed by atoms with van der Waals surface area (Å²) in [6.07, 6.45) is 2.98. The highest BCUT2D eigenvalue weighted by molar-refractivity contribution is 8.00. The number of amides is 1. The molecule has 4 rings (SSSR count). The van der Waals surface area contributed by atoms with Gasteiger partial charge in [0.15, 0.2) is 11.5 Å². The van der Waals surface area contributed by atoms with Crippen molar-refractivity contribution in [2.75, 3.05) is 18.5 Å². The molecule has 1 N–H and O–H groups in total. The minimum absolute atomic E-state index is 0.150. The predicted molar refractivity (Wildman–Crippen MR) is 102 cm³/mol. The van der Waals surface area contributed by atoms with E-state index in [0.29, 0.717) is 41.0 Å². The van der Waals surface area contributed by atoms with Crippen molar-refractivity contribution in [2.45, 2.75) is 36.5 Å². The summed E-state index contributed by atoms with van der Waals surface area (Å²) < 4.78 is 11.0. The molecule has 1 aromatic carbocycles. The lowest BCUT2D eigenvalue weighted by Crippen LogP contribution is -2.23. The first kappa shape index (κ1) is 17.7. The summed E-state index contributed by atoms with van der Waals surface area (Å²) in [5, 5.41) is 12.6. The van der Waals surface area contributed by atoms with Crippen LogP contribution in [0.3, 0.4) is 0 Å². The molecule has 2 aliphatic rings. The van der Waals surface area contributed by atoms with E-state index in [0.717, 1.165) is 30.5 Å². The zero-order chi connectivity index (χ0) is 18.8. The van der Waals surface area contributed by atoms with Gasteiger partial charge in [-0.3, -0.25) is 4.79 Å². The third-order valence-corrected chi connectivity index (χ3v) is 5.71. The maximum atomic E-state index is 12.6. The van der Waals surface area contributed by atoms with E-state index in [4.69, 9.17) is 9.47 Å². The number of ether oxygens (including phenoxy) is 2. The number of anilines is 1. The van der Waals surface area contributed by atoms with E-state index in [1.165, 1.54) is 11.8 Å². The number of pyridine rings is 1. The van der Waals surface area contributed by atoms with Crippen molar-refractivity contribution >= 4 is 23.4 Å². The van der Waals surface area contributed by atoms with Crippen LogP contribution < -0.4 is 14.8 Å². The summed E-state index contributed by atoms with van der Waals surface area (Å²) in [7, 11) is 0. The largest absolute Gasteiger partial charge is 0.486 e. The molecule has 27 heavy (non-hydrogen) atoms. The Hall–Kier alpha value is -2.72. The molecule has 0 fully saturated rings. The second-order valence-electron chi connectivity index (χ2n) is 6.52. The van der Waals surface area contributed by atoms with Crippen LogP contribution in [0.15, 0.2) is 29.3 Å². The summed E-state index contributed by atoms with van der Waals surface area (Å²) in [4.78, 5) is 17.2. The Morgan fingerprint density at radius 3 is 2.89 bits per heavy atom. The zero-order valence-electron chi connectivity index (χ0n) is 14.9. The van der Waals surface area contributed by atoms with Crippen LogP contribution in [-0.4, -0.2) is 29.4 Å². The second-order valence-corrected chi connectivity index (χ2v) is 7.85. The lowest BCUT2D eigenvalue weighted by atomic mass is 10.2. The smallest absolute Gasteiger partial charge is 0.237 e. The first-order chi connectivity index (χ1) is 13.1. The summed E-state index contributed by atoms with van der Waals surface area (Å²) in [6, 6.07) is 9.47. The third-order valence-electron chi connectivity index (χ3n) is 4.60. The Balaban J connectivity index is 1.46. The van der Waals surface area contributed by atoms with Gasteiger partial charge in [-0.15, -0.1) is 0 Å². The molecule has 0 saturated heterocycles. The van der Waals surface area contributed by atoms with Gasteiger partial charge in [-0.1, -0.05) is 11.8 Å². The first-order valence-electron chi connectivity index (χ1n) is 8.94. The number of aryl methyl sites for hydroxylation is 2. The molecule has 1 unspecified atom stereocenters. The Kier molecular flexibility index (Phi) is 4.90. The van der Waals surface area contributed by atoms with Crippen molar-refractivity contribution in [3.05, 3.63) is 41.1 Å². The standard InChI is InChI=1S/C20H19N3O3S/c1-12(27-20-14(11-21)9-13-3-2-4-16(13)23-20)19(24)22-15-5-6-17-18(10-15)26-8-7-25-17/h5-6,9-10,12H,2-4,7-8H2,1H3,(H,22,24). The van der Waals surface area contributed by atoms with Crippen molar-refractivity contribution in [3.63, 3.8) is 0 Å². The number of nitrogens with one attached hydrogen (secondary N) is 1. The molecule has 0 radical (unpaired) electrons. The van der Waals surface area contributed by atoms with Gasteiger partial charge < -0.3 is 14.8 Å². The maximum Gasteiger partial charge on any atom is 0.237 e. The fraction of sp³-hybridized carbons (Fsp3) is 0.350. The number of nitrogens with zero attached hydrogens (tertiary/aromatic N) is 2. The number of carbonyl (C=O) groups excluding carboxylic acids is 1. The van der Waals surface area contributed by atoms with Gasteiger partial charge in [0.05, 0.1) is 10.8 Å². The summed E-state index contributed by atoms with van der Waals surface area (Å²) in [5.41, 5.74) is 3.40. The number of thioether (sulfide) groups is 1. The maximum absolute atomic E-state index is 12.6. The minimum Gasteiger partial charge on any atom is -0.486 e. The molecule has 0 saturated carbocycles. The molecule has 1 aromatic heterocycles. The molecule has 138 valence electrons. The van der Waals surface area contributed by atoms with Crippen molar-refractivity contribution in [1.29, 1.82) is 5.26 Å². The highest BCUT2D eigenvalue weighted by atomic mass is 32.2. The summed E-state index contributed by atoms with van der Waals surface area (Å²) in [6.45, 7) is 2.84. The SMILES string of the molecule is CC(Sc1nc2c(cc1C#N)CCC2)C(=O)Nc1ccc2c(c1)OCCO2. The molecule has 0 bridgehead atoms. The number of carbonyl (C=O) groups is 1. The third kappa shape index (κ3) is 3.71. The van der Waals surface area contributed by atoms with Crippen LogP contribution in [0.5, 0.6) is 11.5 Å². The van der Waals surface area contributed by atoms with Crippen molar-refractivity contribution in [3.8, 4) is 17.6 Å². The van der Waals surface area contributed by atoms with E-state index >= 15 is 0 Å². The number of aromatic nitrogens is 1. The highest BCUT2D eigenvalue weighted by Gasteiger charge is 2.22. The van der Waals surface area contributed by atoms with Crippen LogP contribution in [0.25, 0.3) is 0 Å². The lowest BCUT2D eigenvalue weighted by Gasteiger charge is -2.19. The number of nitriles is 1. The second kappa shape index (κ2) is 7.49. The molecule has 2 aromatic rings. The molecule has 0 spiro atoms. The van der Waals surface area contributed by atoms with Gasteiger partial charge in [-0.2, -0.15) is 5.26 Å². The Morgan fingerprint density at radius 2 is 2.07 bits per heavy atom. The molecule has 1 amide bonds. The quantitative estimate of drug-likeness (QED) is 0.818. The highest BCUT2D eigenvalue weighted by Crippen LogP contribution is 2.34. The zero-order valence-corrected chi connectivity index (χ0v) is 15.8. The van der Waals surface area contributed by atoms with Crippen LogP contribution in [0.1, 0.15) is 30.2 Å². The van der Waals surface area contributed by atoms with Crippen molar-refractivity contribution in [1.82, 2.24) is 4.98 Å². The van der Waals surface area contributed by atoms with Crippen molar-refractivity contribution in [2.24, 2.45) is 0 Å². The Morgan fingerprint density at radius 1 is 1.26 bits per heavy atom. The van der Waals surface area contributed by atoms with E-state index in [9.17, 15) is 10.1 Å². The van der Waals surface area contributed by atoms with Gasteiger partial charge in [0.25, 0.3) is 0 Å². The van der Waals surface area contributed by atoms with Gasteiger partial charge in [0.2, 0.25) is 5.91 Å². The van der Waals surface area contributed by atoms with Crippen LogP contribution >= 0.6 is 11.8 Å². The summed E-state index contributed by atoms with van der Waals surface area (Å²) >= 11 is 1.32. The van der Waals surface area contributed by atoms with Crippen molar-refractivity contribution < 1.29 is 14.3 Å². The molecule has 1 atom stereocenters. The molecule has 7 heteroatoms. The first-order valence-corrected chi connectivity index (χ1v) is 9.82. The number of hydrogen-bond acceptors (Lipinski definition) is 6. The van der Waals surface area contributed by atoms with E-state index in [1.54, 1.807) is 18.2 Å². The molecule has 1 aliphatic heterocycles. The number of benzene rings is 1. The normalized spacial score (nSPS) is 15.6. The van der Waals surface area contributed by atoms with Crippen LogP contribution in [0.4, 0.5) is 5.69 Å². The fourth-order valence-corrected chi connectivity index (χ4v) is 4.10. The topological polar surface area (TPSA) is 84.2 Å². The fourth-order valence-electron chi connectivity index (χ4n) is 3.21. The Labute approximate surface area is 161 Å². The van der Waals surface area contributed by atoms with Gasteiger partial charge in [0.1, 0.15) is 24.3 Å². The van der Waals surface area contributed by atoms with E-state index in [1.807, 2.05) is 13.0 Å². The van der Waals surface area contributed by atoms with Crippen LogP contribution in [0.2, 0.25) is 0 Å². The van der Waals surface area contributed by atoms with E-state index in [2.05, 4.69) is 16.4 Å². The predicted octanol–water partition coefficient (Wildman–Crippen LogP) is 3.33. The van der Waals surface area contributed by atoms with Crippen LogP contribution in [0, 0.1) is 11.3 Å².